The molecule has 3 atom stereocenters. The number of piperidine rings is 1. The predicted molar refractivity (Wildman–Crippen MR) is 100 cm³/mol. The van der Waals surface area contributed by atoms with Crippen LogP contribution in [-0.4, -0.2) is 42.9 Å². The number of carbonyl (C=O) groups is 1. The number of rotatable bonds is 1. The maximum Gasteiger partial charge on any atom is 0.336 e. The number of nitrogens with zero attached hydrogens (tertiary/aromatic N) is 1. The second kappa shape index (κ2) is 5.39. The van der Waals surface area contributed by atoms with Crippen LogP contribution in [0.4, 0.5) is 5.69 Å². The van der Waals surface area contributed by atoms with Gasteiger partial charge in [0, 0.05) is 42.2 Å². The minimum Gasteiger partial charge on any atom is -0.466 e. The van der Waals surface area contributed by atoms with E-state index in [9.17, 15) is 4.79 Å². The van der Waals surface area contributed by atoms with Crippen molar-refractivity contribution in [1.29, 1.82) is 0 Å². The maximum absolute atomic E-state index is 12.8. The van der Waals surface area contributed by atoms with E-state index in [-0.39, 0.29) is 16.6 Å². The van der Waals surface area contributed by atoms with Gasteiger partial charge < -0.3 is 10.1 Å². The summed E-state index contributed by atoms with van der Waals surface area (Å²) in [5.74, 6) is 1.06. The van der Waals surface area contributed by atoms with Crippen molar-refractivity contribution in [2.75, 3.05) is 31.3 Å². The lowest BCUT2D eigenvalue weighted by Crippen LogP contribution is -2.61. The van der Waals surface area contributed by atoms with Gasteiger partial charge in [0.25, 0.3) is 0 Å². The number of hydrogen-bond acceptors (Lipinski definition) is 5. The second-order valence-corrected chi connectivity index (χ2v) is 8.51. The third-order valence-corrected chi connectivity index (χ3v) is 7.80. The number of methoxy groups -OCH3 is 1. The number of hydrogen-bond donors (Lipinski definition) is 1. The lowest BCUT2D eigenvalue weighted by atomic mass is 9.68. The van der Waals surface area contributed by atoms with Gasteiger partial charge in [-0.25, -0.2) is 4.79 Å². The van der Waals surface area contributed by atoms with Gasteiger partial charge in [-0.15, -0.1) is 11.8 Å². The van der Waals surface area contributed by atoms with E-state index in [0.717, 1.165) is 42.2 Å². The second-order valence-electron chi connectivity index (χ2n) is 7.17. The van der Waals surface area contributed by atoms with Crippen molar-refractivity contribution in [3.05, 3.63) is 52.7 Å². The van der Waals surface area contributed by atoms with Crippen LogP contribution in [0.3, 0.4) is 0 Å². The molecule has 130 valence electrons. The zero-order valence-electron chi connectivity index (χ0n) is 14.5. The number of allylic oxidation sites excluding steroid dienone is 1. The molecule has 1 spiro atoms. The molecule has 2 unspecified atom stereocenters. The molecule has 3 aliphatic heterocycles. The number of ether oxygens (including phenoxy) is 1. The average Bonchev–Trinajstić information content (AvgIpc) is 2.98. The Morgan fingerprint density at radius 2 is 2.28 bits per heavy atom. The Labute approximate surface area is 152 Å². The number of anilines is 1. The zero-order valence-corrected chi connectivity index (χ0v) is 15.4. The summed E-state index contributed by atoms with van der Waals surface area (Å²) >= 11 is 2.00. The average molecular weight is 354 g/mol. The van der Waals surface area contributed by atoms with Crippen LogP contribution >= 0.6 is 11.8 Å². The molecule has 1 aromatic rings. The van der Waals surface area contributed by atoms with Crippen molar-refractivity contribution < 1.29 is 9.53 Å². The summed E-state index contributed by atoms with van der Waals surface area (Å²) in [6.07, 6.45) is 3.19. The van der Waals surface area contributed by atoms with Crippen molar-refractivity contribution in [3.63, 3.8) is 0 Å². The molecule has 2 saturated heterocycles. The highest BCUT2D eigenvalue weighted by atomic mass is 32.2. The Morgan fingerprint density at radius 3 is 3.08 bits per heavy atom. The molecule has 2 bridgehead atoms. The van der Waals surface area contributed by atoms with Crippen LogP contribution < -0.4 is 5.32 Å². The third-order valence-electron chi connectivity index (χ3n) is 6.26. The molecule has 4 nitrogen and oxygen atoms in total. The summed E-state index contributed by atoms with van der Waals surface area (Å²) in [6, 6.07) is 8.96. The minimum absolute atomic E-state index is 0.159. The van der Waals surface area contributed by atoms with E-state index in [4.69, 9.17) is 4.74 Å². The van der Waals surface area contributed by atoms with Gasteiger partial charge in [-0.2, -0.15) is 0 Å². The predicted octanol–water partition coefficient (Wildman–Crippen LogP) is 3.13. The van der Waals surface area contributed by atoms with Crippen LogP contribution in [0.2, 0.25) is 0 Å². The first kappa shape index (κ1) is 15.5. The molecule has 4 aliphatic rings. The van der Waals surface area contributed by atoms with E-state index in [0.29, 0.717) is 6.04 Å². The number of benzene rings is 1. The lowest BCUT2D eigenvalue weighted by Gasteiger charge is -2.56. The van der Waals surface area contributed by atoms with Crippen LogP contribution in [0, 0.1) is 5.92 Å². The van der Waals surface area contributed by atoms with E-state index in [1.165, 1.54) is 18.2 Å². The van der Waals surface area contributed by atoms with E-state index in [1.807, 2.05) is 11.8 Å². The summed E-state index contributed by atoms with van der Waals surface area (Å²) < 4.78 is 5.07. The van der Waals surface area contributed by atoms with E-state index in [2.05, 4.69) is 47.5 Å². The van der Waals surface area contributed by atoms with Gasteiger partial charge in [0.15, 0.2) is 0 Å². The van der Waals surface area contributed by atoms with E-state index in [1.54, 1.807) is 0 Å². The van der Waals surface area contributed by atoms with Gasteiger partial charge in [0.1, 0.15) is 0 Å². The molecule has 5 heteroatoms. The van der Waals surface area contributed by atoms with Crippen LogP contribution in [-0.2, 0) is 14.3 Å². The maximum atomic E-state index is 12.8. The van der Waals surface area contributed by atoms with Crippen molar-refractivity contribution in [2.24, 2.45) is 5.92 Å². The number of fused-ring (bicyclic) bond motifs is 2. The SMILES string of the molecule is C/C=C1/CN2CCSC34C(=C(C(=O)OC)[C@H]1CC23)Nc1ccccc14. The topological polar surface area (TPSA) is 41.6 Å². The smallest absolute Gasteiger partial charge is 0.336 e. The van der Waals surface area contributed by atoms with Gasteiger partial charge in [0.05, 0.1) is 17.4 Å². The minimum atomic E-state index is -0.183. The van der Waals surface area contributed by atoms with Gasteiger partial charge in [-0.3, -0.25) is 4.90 Å². The largest absolute Gasteiger partial charge is 0.466 e. The highest BCUT2D eigenvalue weighted by molar-refractivity contribution is 8.00. The highest BCUT2D eigenvalue weighted by Crippen LogP contribution is 2.63. The fourth-order valence-electron chi connectivity index (χ4n) is 5.22. The van der Waals surface area contributed by atoms with E-state index < -0.39 is 0 Å². The van der Waals surface area contributed by atoms with Gasteiger partial charge in [-0.05, 0) is 25.0 Å². The molecule has 1 aliphatic carbocycles. The summed E-state index contributed by atoms with van der Waals surface area (Å²) in [5, 5.41) is 3.63. The Hall–Kier alpha value is -1.72. The first-order valence-electron chi connectivity index (χ1n) is 8.93. The molecular weight excluding hydrogens is 332 g/mol. The molecule has 1 aromatic carbocycles. The zero-order chi connectivity index (χ0) is 17.2. The van der Waals surface area contributed by atoms with Crippen molar-refractivity contribution in [3.8, 4) is 0 Å². The first-order valence-corrected chi connectivity index (χ1v) is 9.91. The quantitative estimate of drug-likeness (QED) is 0.620. The van der Waals surface area contributed by atoms with Crippen LogP contribution in [0.5, 0.6) is 0 Å². The summed E-state index contributed by atoms with van der Waals surface area (Å²) in [7, 11) is 1.50. The monoisotopic (exact) mass is 354 g/mol. The molecule has 0 amide bonds. The summed E-state index contributed by atoms with van der Waals surface area (Å²) in [6.45, 7) is 4.17. The third kappa shape index (κ3) is 1.86. The molecule has 25 heavy (non-hydrogen) atoms. The molecule has 1 N–H and O–H groups in total. The Bertz CT molecular complexity index is 831. The summed E-state index contributed by atoms with van der Waals surface area (Å²) in [4.78, 5) is 15.4. The number of thioether (sulfide) groups is 1. The Balaban J connectivity index is 1.82. The number of para-hydroxylation sites is 1. The number of esters is 1. The fourth-order valence-corrected chi connectivity index (χ4v) is 6.95. The molecule has 0 saturated carbocycles. The molecular formula is C20H22N2O2S. The summed E-state index contributed by atoms with van der Waals surface area (Å²) in [5.41, 5.74) is 5.74. The van der Waals surface area contributed by atoms with Gasteiger partial charge >= 0.3 is 5.97 Å². The molecule has 2 fully saturated rings. The molecule has 0 aromatic heterocycles. The molecule has 5 rings (SSSR count). The highest BCUT2D eigenvalue weighted by Gasteiger charge is 2.61. The van der Waals surface area contributed by atoms with Crippen LogP contribution in [0.25, 0.3) is 0 Å². The molecule has 3 heterocycles. The first-order chi connectivity index (χ1) is 12.2. The Morgan fingerprint density at radius 1 is 1.44 bits per heavy atom. The van der Waals surface area contributed by atoms with Crippen molar-refractivity contribution in [1.82, 2.24) is 4.90 Å². The number of nitrogens with one attached hydrogen (secondary N) is 1. The van der Waals surface area contributed by atoms with Crippen LogP contribution in [0.1, 0.15) is 18.9 Å². The standard InChI is InChI=1S/C20H22N2O2S/c1-3-12-11-22-8-9-25-20-14-6-4-5-7-15(14)21-18(20)17(19(23)24-2)13(12)10-16(20)22/h3-7,13,16,21H,8-11H2,1-2H3/b12-3-/t13-,16?,20?/m0/s1. The normalized spacial score (nSPS) is 34.4. The van der Waals surface area contributed by atoms with Crippen LogP contribution in [0.15, 0.2) is 47.2 Å². The van der Waals surface area contributed by atoms with E-state index >= 15 is 0 Å². The molecule has 0 radical (unpaired) electrons. The lowest BCUT2D eigenvalue weighted by molar-refractivity contribution is -0.137. The van der Waals surface area contributed by atoms with Gasteiger partial charge in [0.2, 0.25) is 0 Å². The van der Waals surface area contributed by atoms with Crippen molar-refractivity contribution >= 4 is 23.4 Å². The Kier molecular flexibility index (Phi) is 3.35. The van der Waals surface area contributed by atoms with Crippen molar-refractivity contribution in [2.45, 2.75) is 24.1 Å². The number of carbonyl (C=O) groups excluding carboxylic acids is 1. The fraction of sp³-hybridized carbons (Fsp3) is 0.450. The van der Waals surface area contributed by atoms with Gasteiger partial charge in [-0.1, -0.05) is 29.8 Å².